The van der Waals surface area contributed by atoms with Crippen molar-refractivity contribution >= 4 is 11.9 Å². The molecule has 1 atom stereocenters. The molecule has 1 heterocycles. The molecule has 1 aromatic heterocycles. The van der Waals surface area contributed by atoms with Crippen LogP contribution in [0.15, 0.2) is 30.7 Å². The third-order valence-corrected chi connectivity index (χ3v) is 2.98. The number of aromatic nitrogens is 2. The van der Waals surface area contributed by atoms with Gasteiger partial charge in [-0.25, -0.2) is 9.78 Å². The van der Waals surface area contributed by atoms with Crippen LogP contribution in [0, 0.1) is 6.92 Å². The maximum Gasteiger partial charge on any atom is 0.326 e. The number of aromatic hydroxyl groups is 1. The highest BCUT2D eigenvalue weighted by molar-refractivity contribution is 5.99. The highest BCUT2D eigenvalue weighted by Gasteiger charge is 2.23. The summed E-state index contributed by atoms with van der Waals surface area (Å²) in [6.45, 7) is 1.77. The summed E-state index contributed by atoms with van der Waals surface area (Å²) in [7, 11) is 0. The molecular formula is C14H15N3O4. The molecular weight excluding hydrogens is 274 g/mol. The van der Waals surface area contributed by atoms with E-state index >= 15 is 0 Å². The number of hydrogen-bond donors (Lipinski definition) is 4. The maximum atomic E-state index is 12.1. The summed E-state index contributed by atoms with van der Waals surface area (Å²) in [6, 6.07) is 3.44. The number of aliphatic carboxylic acids is 1. The molecule has 0 saturated heterocycles. The Morgan fingerprint density at radius 2 is 2.19 bits per heavy atom. The molecule has 0 radical (unpaired) electrons. The molecule has 2 aromatic rings. The Hall–Kier alpha value is -2.83. The molecule has 1 amide bonds. The van der Waals surface area contributed by atoms with Gasteiger partial charge in [-0.2, -0.15) is 0 Å². The zero-order valence-electron chi connectivity index (χ0n) is 11.3. The van der Waals surface area contributed by atoms with Crippen LogP contribution in [0.5, 0.6) is 5.75 Å². The molecule has 7 nitrogen and oxygen atoms in total. The van der Waals surface area contributed by atoms with Crippen LogP contribution in [-0.2, 0) is 11.2 Å². The van der Waals surface area contributed by atoms with Crippen LogP contribution in [0.4, 0.5) is 0 Å². The largest absolute Gasteiger partial charge is 0.507 e. The molecule has 0 aliphatic rings. The van der Waals surface area contributed by atoms with E-state index in [9.17, 15) is 19.8 Å². The molecule has 1 aromatic carbocycles. The van der Waals surface area contributed by atoms with Gasteiger partial charge in [-0.15, -0.1) is 0 Å². The predicted molar refractivity (Wildman–Crippen MR) is 74.0 cm³/mol. The van der Waals surface area contributed by atoms with Crippen LogP contribution in [0.3, 0.4) is 0 Å². The van der Waals surface area contributed by atoms with E-state index in [0.29, 0.717) is 5.69 Å². The molecule has 21 heavy (non-hydrogen) atoms. The summed E-state index contributed by atoms with van der Waals surface area (Å²) in [4.78, 5) is 29.9. The van der Waals surface area contributed by atoms with Gasteiger partial charge in [0.1, 0.15) is 11.8 Å². The van der Waals surface area contributed by atoms with Crippen molar-refractivity contribution in [1.29, 1.82) is 0 Å². The Kier molecular flexibility index (Phi) is 4.22. The van der Waals surface area contributed by atoms with Crippen molar-refractivity contribution in [3.63, 3.8) is 0 Å². The Labute approximate surface area is 120 Å². The minimum Gasteiger partial charge on any atom is -0.507 e. The van der Waals surface area contributed by atoms with E-state index in [4.69, 9.17) is 0 Å². The lowest BCUT2D eigenvalue weighted by molar-refractivity contribution is -0.139. The minimum absolute atomic E-state index is 0.0471. The Morgan fingerprint density at radius 1 is 1.43 bits per heavy atom. The zero-order chi connectivity index (χ0) is 15.4. The van der Waals surface area contributed by atoms with Crippen molar-refractivity contribution < 1.29 is 19.8 Å². The number of nitrogens with zero attached hydrogens (tertiary/aromatic N) is 1. The second-order valence-electron chi connectivity index (χ2n) is 4.67. The van der Waals surface area contributed by atoms with Crippen molar-refractivity contribution in [3.05, 3.63) is 47.5 Å². The highest BCUT2D eigenvalue weighted by Crippen LogP contribution is 2.18. The summed E-state index contributed by atoms with van der Waals surface area (Å²) in [5, 5.41) is 21.3. The number of aromatic amines is 1. The van der Waals surface area contributed by atoms with Gasteiger partial charge in [-0.3, -0.25) is 4.79 Å². The minimum atomic E-state index is -1.16. The molecule has 2 rings (SSSR count). The van der Waals surface area contributed by atoms with Crippen LogP contribution in [0.1, 0.15) is 21.6 Å². The van der Waals surface area contributed by atoms with E-state index in [0.717, 1.165) is 5.56 Å². The van der Waals surface area contributed by atoms with Crippen molar-refractivity contribution in [2.24, 2.45) is 0 Å². The third-order valence-electron chi connectivity index (χ3n) is 2.98. The van der Waals surface area contributed by atoms with Crippen LogP contribution in [0.25, 0.3) is 0 Å². The zero-order valence-corrected chi connectivity index (χ0v) is 11.3. The smallest absolute Gasteiger partial charge is 0.326 e. The molecule has 110 valence electrons. The number of aryl methyl sites for hydroxylation is 1. The number of carboxylic acids is 1. The number of carbonyl (C=O) groups is 2. The van der Waals surface area contributed by atoms with Gasteiger partial charge >= 0.3 is 5.97 Å². The molecule has 0 aliphatic heterocycles. The number of hydrogen-bond acceptors (Lipinski definition) is 4. The number of rotatable bonds is 5. The van der Waals surface area contributed by atoms with Crippen molar-refractivity contribution in [2.45, 2.75) is 19.4 Å². The molecule has 0 saturated carbocycles. The van der Waals surface area contributed by atoms with Crippen molar-refractivity contribution in [2.75, 3.05) is 0 Å². The van der Waals surface area contributed by atoms with Gasteiger partial charge in [-0.05, 0) is 19.1 Å². The standard InChI is InChI=1S/C14H15N3O4/c1-8-2-3-12(18)10(4-8)13(19)17-11(14(20)21)5-9-6-15-7-16-9/h2-4,6-7,11,18H,5H2,1H3,(H,15,16)(H,17,19)(H,20,21)/t11-/m1/s1. The summed E-state index contributed by atoms with van der Waals surface area (Å²) in [5.41, 5.74) is 1.43. The Bertz CT molecular complexity index is 652. The van der Waals surface area contributed by atoms with Crippen molar-refractivity contribution in [1.82, 2.24) is 15.3 Å². The first-order valence-electron chi connectivity index (χ1n) is 6.28. The number of amides is 1. The van der Waals surface area contributed by atoms with Gasteiger partial charge < -0.3 is 20.5 Å². The lowest BCUT2D eigenvalue weighted by Crippen LogP contribution is -2.42. The Balaban J connectivity index is 2.14. The van der Waals surface area contributed by atoms with Crippen molar-refractivity contribution in [3.8, 4) is 5.75 Å². The number of H-pyrrole nitrogens is 1. The second kappa shape index (κ2) is 6.08. The van der Waals surface area contributed by atoms with E-state index in [1.807, 2.05) is 0 Å². The molecule has 0 unspecified atom stereocenters. The first kappa shape index (κ1) is 14.6. The lowest BCUT2D eigenvalue weighted by atomic mass is 10.1. The van der Waals surface area contributed by atoms with Gasteiger partial charge in [0.2, 0.25) is 0 Å². The summed E-state index contributed by atoms with van der Waals surface area (Å²) in [6.07, 6.45) is 3.00. The first-order valence-corrected chi connectivity index (χ1v) is 6.28. The maximum absolute atomic E-state index is 12.1. The third kappa shape index (κ3) is 3.59. The predicted octanol–water partition coefficient (Wildman–Crippen LogP) is 0.849. The van der Waals surface area contributed by atoms with E-state index in [-0.39, 0.29) is 17.7 Å². The number of phenolic OH excluding ortho intramolecular Hbond substituents is 1. The fourth-order valence-electron chi connectivity index (χ4n) is 1.88. The van der Waals surface area contributed by atoms with Crippen LogP contribution >= 0.6 is 0 Å². The number of carboxylic acid groups (broad SMARTS) is 1. The molecule has 7 heteroatoms. The van der Waals surface area contributed by atoms with Gasteiger partial charge in [0, 0.05) is 18.3 Å². The number of nitrogens with one attached hydrogen (secondary N) is 2. The fraction of sp³-hybridized carbons (Fsp3) is 0.214. The van der Waals surface area contributed by atoms with Crippen LogP contribution in [-0.4, -0.2) is 38.1 Å². The van der Waals surface area contributed by atoms with Gasteiger partial charge in [-0.1, -0.05) is 11.6 Å². The summed E-state index contributed by atoms with van der Waals surface area (Å²) >= 11 is 0. The monoisotopic (exact) mass is 289 g/mol. The van der Waals surface area contributed by atoms with Crippen LogP contribution in [0.2, 0.25) is 0 Å². The molecule has 4 N–H and O–H groups in total. The number of phenols is 1. The van der Waals surface area contributed by atoms with E-state index in [1.54, 1.807) is 13.0 Å². The fourth-order valence-corrected chi connectivity index (χ4v) is 1.88. The average molecular weight is 289 g/mol. The van der Waals surface area contributed by atoms with E-state index < -0.39 is 17.9 Å². The highest BCUT2D eigenvalue weighted by atomic mass is 16.4. The number of benzene rings is 1. The summed E-state index contributed by atoms with van der Waals surface area (Å²) < 4.78 is 0. The molecule has 0 fully saturated rings. The summed E-state index contributed by atoms with van der Waals surface area (Å²) in [5.74, 6) is -1.99. The molecule has 0 aliphatic carbocycles. The Morgan fingerprint density at radius 3 is 2.81 bits per heavy atom. The lowest BCUT2D eigenvalue weighted by Gasteiger charge is -2.14. The van der Waals surface area contributed by atoms with Crippen LogP contribution < -0.4 is 5.32 Å². The first-order chi connectivity index (χ1) is 9.97. The number of carbonyl (C=O) groups excluding carboxylic acids is 1. The van der Waals surface area contributed by atoms with Gasteiger partial charge in [0.05, 0.1) is 11.9 Å². The molecule has 0 spiro atoms. The van der Waals surface area contributed by atoms with E-state index in [2.05, 4.69) is 15.3 Å². The van der Waals surface area contributed by atoms with E-state index in [1.165, 1.54) is 24.7 Å². The average Bonchev–Trinajstić information content (AvgIpc) is 2.93. The normalized spacial score (nSPS) is 11.9. The quantitative estimate of drug-likeness (QED) is 0.651. The second-order valence-corrected chi connectivity index (χ2v) is 4.67. The molecule has 0 bridgehead atoms. The van der Waals surface area contributed by atoms with Gasteiger partial charge in [0.15, 0.2) is 0 Å². The SMILES string of the molecule is Cc1ccc(O)c(C(=O)N[C@H](Cc2cnc[nH]2)C(=O)O)c1. The van der Waals surface area contributed by atoms with Gasteiger partial charge in [0.25, 0.3) is 5.91 Å². The topological polar surface area (TPSA) is 115 Å². The number of imidazole rings is 1.